The number of hydrogen-bond donors (Lipinski definition) is 3. The number of nitrogens with two attached hydrogens (primary N) is 1. The zero-order chi connectivity index (χ0) is 19.1. The van der Waals surface area contributed by atoms with Crippen LogP contribution in [0, 0.1) is 0 Å². The average Bonchev–Trinajstić information content (AvgIpc) is 2.70. The van der Waals surface area contributed by atoms with E-state index in [2.05, 4.69) is 53.8 Å². The highest BCUT2D eigenvalue weighted by molar-refractivity contribution is 5.77. The first-order valence-corrected chi connectivity index (χ1v) is 9.40. The largest absolute Gasteiger partial charge is 0.352 e. The Morgan fingerprint density at radius 3 is 1.96 bits per heavy atom. The van der Waals surface area contributed by atoms with Crippen LogP contribution in [0.15, 0.2) is 60.7 Å². The molecule has 0 spiro atoms. The fraction of sp³-hybridized carbons (Fsp3) is 0.333. The van der Waals surface area contributed by atoms with Crippen LogP contribution in [0.4, 0.5) is 4.79 Å². The molecule has 0 aromatic heterocycles. The number of hydrogen-bond acceptors (Lipinski definition) is 2. The van der Waals surface area contributed by atoms with Gasteiger partial charge in [0.25, 0.3) is 0 Å². The molecule has 3 amide bonds. The van der Waals surface area contributed by atoms with Crippen molar-refractivity contribution in [1.29, 1.82) is 0 Å². The molecule has 1 heterocycles. The second kappa shape index (κ2) is 9.19. The molecule has 0 unspecified atom stereocenters. The molecule has 6 heteroatoms. The van der Waals surface area contributed by atoms with Crippen LogP contribution < -0.4 is 16.0 Å². The molecule has 1 aliphatic rings. The maximum atomic E-state index is 12.3. The highest BCUT2D eigenvalue weighted by Gasteiger charge is 2.31. The van der Waals surface area contributed by atoms with E-state index in [4.69, 9.17) is 5.73 Å². The van der Waals surface area contributed by atoms with Gasteiger partial charge in [0.15, 0.2) is 0 Å². The van der Waals surface area contributed by atoms with E-state index in [0.29, 0.717) is 6.42 Å². The number of carbonyl (C=O) groups is 2. The standard InChI is InChI=1S/C21H26N4O2/c22-21(27)23-12-11-19(26)24-13-15-25(16-14-24)20(17-7-3-1-4-8-17)18-9-5-2-6-10-18/h1-10,20H,11-16H2,(H3,22,23,27)/p+1. The molecular weight excluding hydrogens is 340 g/mol. The van der Waals surface area contributed by atoms with Gasteiger partial charge in [-0.15, -0.1) is 0 Å². The Balaban J connectivity index is 1.65. The lowest BCUT2D eigenvalue weighted by atomic mass is 9.96. The predicted molar refractivity (Wildman–Crippen MR) is 104 cm³/mol. The van der Waals surface area contributed by atoms with E-state index in [1.165, 1.54) is 16.0 Å². The van der Waals surface area contributed by atoms with Gasteiger partial charge in [-0.1, -0.05) is 60.7 Å². The van der Waals surface area contributed by atoms with Gasteiger partial charge >= 0.3 is 6.03 Å². The van der Waals surface area contributed by atoms with E-state index in [1.54, 1.807) is 0 Å². The lowest BCUT2D eigenvalue weighted by Gasteiger charge is -2.37. The molecular formula is C21H27N4O2+. The third-order valence-electron chi connectivity index (χ3n) is 5.07. The van der Waals surface area contributed by atoms with Crippen molar-refractivity contribution in [3.8, 4) is 0 Å². The molecule has 1 aliphatic heterocycles. The molecule has 0 aliphatic carbocycles. The topological polar surface area (TPSA) is 79.9 Å². The Hall–Kier alpha value is -2.86. The monoisotopic (exact) mass is 367 g/mol. The molecule has 0 bridgehead atoms. The first kappa shape index (κ1) is 18.9. The van der Waals surface area contributed by atoms with Crippen LogP contribution in [-0.4, -0.2) is 49.6 Å². The summed E-state index contributed by atoms with van der Waals surface area (Å²) in [6.07, 6.45) is 0.291. The number of amides is 3. The van der Waals surface area contributed by atoms with E-state index in [9.17, 15) is 9.59 Å². The van der Waals surface area contributed by atoms with Crippen molar-refractivity contribution in [2.75, 3.05) is 32.7 Å². The first-order valence-electron chi connectivity index (χ1n) is 9.40. The molecule has 6 nitrogen and oxygen atoms in total. The average molecular weight is 367 g/mol. The van der Waals surface area contributed by atoms with Crippen LogP contribution in [-0.2, 0) is 4.79 Å². The molecule has 0 atom stereocenters. The highest BCUT2D eigenvalue weighted by Crippen LogP contribution is 2.19. The van der Waals surface area contributed by atoms with E-state index in [1.807, 2.05) is 17.0 Å². The lowest BCUT2D eigenvalue weighted by Crippen LogP contribution is -3.15. The number of primary amides is 1. The maximum absolute atomic E-state index is 12.3. The minimum absolute atomic E-state index is 0.0683. The van der Waals surface area contributed by atoms with E-state index < -0.39 is 6.03 Å². The van der Waals surface area contributed by atoms with Crippen LogP contribution in [0.1, 0.15) is 23.6 Å². The summed E-state index contributed by atoms with van der Waals surface area (Å²) in [5, 5.41) is 2.47. The summed E-state index contributed by atoms with van der Waals surface area (Å²) >= 11 is 0. The SMILES string of the molecule is NC(=O)NCCC(=O)N1CC[NH+](C(c2ccccc2)c2ccccc2)CC1. The molecule has 27 heavy (non-hydrogen) atoms. The van der Waals surface area contributed by atoms with Crippen molar-refractivity contribution in [2.24, 2.45) is 5.73 Å². The van der Waals surface area contributed by atoms with Crippen LogP contribution in [0.2, 0.25) is 0 Å². The van der Waals surface area contributed by atoms with E-state index >= 15 is 0 Å². The molecule has 3 rings (SSSR count). The molecule has 4 N–H and O–H groups in total. The van der Waals surface area contributed by atoms with Gasteiger partial charge in [0.05, 0.1) is 26.2 Å². The molecule has 2 aromatic rings. The lowest BCUT2D eigenvalue weighted by molar-refractivity contribution is -0.929. The van der Waals surface area contributed by atoms with Crippen molar-refractivity contribution in [3.63, 3.8) is 0 Å². The summed E-state index contributed by atoms with van der Waals surface area (Å²) < 4.78 is 0. The third kappa shape index (κ3) is 5.08. The molecule has 0 saturated carbocycles. The third-order valence-corrected chi connectivity index (χ3v) is 5.07. The van der Waals surface area contributed by atoms with Crippen molar-refractivity contribution >= 4 is 11.9 Å². The number of piperazine rings is 1. The zero-order valence-electron chi connectivity index (χ0n) is 15.4. The summed E-state index contributed by atoms with van der Waals surface area (Å²) in [7, 11) is 0. The Labute approximate surface area is 159 Å². The summed E-state index contributed by atoms with van der Waals surface area (Å²) in [4.78, 5) is 26.4. The molecule has 2 aromatic carbocycles. The first-order chi connectivity index (χ1) is 13.1. The van der Waals surface area contributed by atoms with Crippen LogP contribution in [0.25, 0.3) is 0 Å². The van der Waals surface area contributed by atoms with Gasteiger partial charge in [0.2, 0.25) is 5.91 Å². The maximum Gasteiger partial charge on any atom is 0.312 e. The number of rotatable bonds is 6. The number of benzene rings is 2. The van der Waals surface area contributed by atoms with Crippen molar-refractivity contribution in [3.05, 3.63) is 71.8 Å². The fourth-order valence-electron chi connectivity index (χ4n) is 3.74. The molecule has 1 saturated heterocycles. The van der Waals surface area contributed by atoms with E-state index in [-0.39, 0.29) is 18.5 Å². The summed E-state index contributed by atoms with van der Waals surface area (Å²) in [6, 6.07) is 20.8. The van der Waals surface area contributed by atoms with Gasteiger partial charge < -0.3 is 20.9 Å². The van der Waals surface area contributed by atoms with Gasteiger partial charge in [-0.3, -0.25) is 4.79 Å². The second-order valence-corrected chi connectivity index (χ2v) is 6.83. The van der Waals surface area contributed by atoms with Crippen LogP contribution >= 0.6 is 0 Å². The van der Waals surface area contributed by atoms with Gasteiger partial charge in [-0.2, -0.15) is 0 Å². The van der Waals surface area contributed by atoms with Gasteiger partial charge in [0.1, 0.15) is 6.04 Å². The van der Waals surface area contributed by atoms with Gasteiger partial charge in [-0.05, 0) is 0 Å². The van der Waals surface area contributed by atoms with Crippen molar-refractivity contribution in [1.82, 2.24) is 10.2 Å². The minimum Gasteiger partial charge on any atom is -0.352 e. The minimum atomic E-state index is -0.592. The number of nitrogens with zero attached hydrogens (tertiary/aromatic N) is 1. The number of urea groups is 1. The molecule has 142 valence electrons. The Morgan fingerprint density at radius 2 is 1.48 bits per heavy atom. The molecule has 0 radical (unpaired) electrons. The summed E-state index contributed by atoms with van der Waals surface area (Å²) in [6.45, 7) is 3.52. The smallest absolute Gasteiger partial charge is 0.312 e. The molecule has 1 fully saturated rings. The van der Waals surface area contributed by atoms with Gasteiger partial charge in [-0.25, -0.2) is 4.79 Å². The summed E-state index contributed by atoms with van der Waals surface area (Å²) in [5.74, 6) is 0.0683. The number of quaternary nitrogens is 1. The fourth-order valence-corrected chi connectivity index (χ4v) is 3.74. The Morgan fingerprint density at radius 1 is 0.963 bits per heavy atom. The van der Waals surface area contributed by atoms with Crippen LogP contribution in [0.3, 0.4) is 0 Å². The highest BCUT2D eigenvalue weighted by atomic mass is 16.2. The van der Waals surface area contributed by atoms with Crippen molar-refractivity contribution < 1.29 is 14.5 Å². The predicted octanol–water partition coefficient (Wildman–Crippen LogP) is 0.562. The Kier molecular flexibility index (Phi) is 6.44. The number of carbonyl (C=O) groups excluding carboxylic acids is 2. The number of nitrogens with one attached hydrogen (secondary N) is 2. The van der Waals surface area contributed by atoms with Crippen molar-refractivity contribution in [2.45, 2.75) is 12.5 Å². The zero-order valence-corrected chi connectivity index (χ0v) is 15.4. The van der Waals surface area contributed by atoms with E-state index in [0.717, 1.165) is 26.2 Å². The van der Waals surface area contributed by atoms with Gasteiger partial charge in [0, 0.05) is 24.1 Å². The second-order valence-electron chi connectivity index (χ2n) is 6.83. The quantitative estimate of drug-likeness (QED) is 0.698. The summed E-state index contributed by atoms with van der Waals surface area (Å²) in [5.41, 5.74) is 7.63. The van der Waals surface area contributed by atoms with Crippen LogP contribution in [0.5, 0.6) is 0 Å². The normalized spacial score (nSPS) is 14.9. The Bertz CT molecular complexity index is 704.